The minimum atomic E-state index is -0.131. The Hall–Kier alpha value is -2.71. The van der Waals surface area contributed by atoms with Crippen molar-refractivity contribution < 1.29 is 19.0 Å². The lowest BCUT2D eigenvalue weighted by molar-refractivity contribution is -0.115. The molecule has 0 saturated heterocycles. The molecule has 6 nitrogen and oxygen atoms in total. The third-order valence-electron chi connectivity index (χ3n) is 4.03. The molecule has 8 heteroatoms. The van der Waals surface area contributed by atoms with Crippen molar-refractivity contribution in [1.82, 2.24) is 4.98 Å². The van der Waals surface area contributed by atoms with Crippen molar-refractivity contribution in [2.45, 2.75) is 16.5 Å². The van der Waals surface area contributed by atoms with Gasteiger partial charge in [-0.05, 0) is 29.8 Å². The molecule has 0 saturated carbocycles. The first-order valence-electron chi connectivity index (χ1n) is 8.83. The lowest BCUT2D eigenvalue weighted by Gasteiger charge is -2.09. The maximum atomic E-state index is 12.3. The lowest BCUT2D eigenvalue weighted by atomic mass is 10.2. The minimum absolute atomic E-state index is 0.131. The van der Waals surface area contributed by atoms with Gasteiger partial charge in [0.2, 0.25) is 5.91 Å². The Labute approximate surface area is 178 Å². The van der Waals surface area contributed by atoms with Crippen molar-refractivity contribution in [3.63, 3.8) is 0 Å². The Kier molecular flexibility index (Phi) is 7.37. The van der Waals surface area contributed by atoms with Crippen LogP contribution < -0.4 is 19.5 Å². The van der Waals surface area contributed by atoms with E-state index in [0.717, 1.165) is 32.8 Å². The number of anilines is 1. The normalized spacial score (nSPS) is 10.4. The summed E-state index contributed by atoms with van der Waals surface area (Å²) in [6, 6.07) is 13.1. The third-order valence-corrected chi connectivity index (χ3v) is 6.17. The van der Waals surface area contributed by atoms with Crippen molar-refractivity contribution in [2.75, 3.05) is 26.6 Å². The second-order valence-corrected chi connectivity index (χ2v) is 8.12. The Morgan fingerprint density at radius 2 is 1.79 bits per heavy atom. The summed E-state index contributed by atoms with van der Waals surface area (Å²) in [5.74, 6) is 2.74. The third kappa shape index (κ3) is 5.88. The first-order chi connectivity index (χ1) is 14.1. The fraction of sp³-hybridized carbons (Fsp3) is 0.238. The molecule has 152 valence electrons. The number of rotatable bonds is 9. The predicted molar refractivity (Wildman–Crippen MR) is 117 cm³/mol. The first kappa shape index (κ1) is 21.0. The Balaban J connectivity index is 1.57. The van der Waals surface area contributed by atoms with E-state index in [1.807, 2.05) is 41.8 Å². The van der Waals surface area contributed by atoms with E-state index >= 15 is 0 Å². The zero-order chi connectivity index (χ0) is 20.6. The minimum Gasteiger partial charge on any atom is -0.497 e. The monoisotopic (exact) mass is 430 g/mol. The number of hydrogen-bond acceptors (Lipinski definition) is 7. The lowest BCUT2D eigenvalue weighted by Crippen LogP contribution is -2.15. The van der Waals surface area contributed by atoms with Gasteiger partial charge < -0.3 is 19.5 Å². The van der Waals surface area contributed by atoms with Gasteiger partial charge in [0, 0.05) is 17.2 Å². The maximum Gasteiger partial charge on any atom is 0.230 e. The number of methoxy groups -OCH3 is 3. The van der Waals surface area contributed by atoms with E-state index in [2.05, 4.69) is 10.3 Å². The second-order valence-electron chi connectivity index (χ2n) is 6.04. The molecule has 1 amide bonds. The molecule has 0 fully saturated rings. The summed E-state index contributed by atoms with van der Waals surface area (Å²) in [5, 5.41) is 4.78. The number of benzene rings is 2. The highest BCUT2D eigenvalue weighted by Crippen LogP contribution is 2.30. The summed E-state index contributed by atoms with van der Waals surface area (Å²) in [6.07, 6.45) is 0.210. The van der Waals surface area contributed by atoms with E-state index < -0.39 is 0 Å². The van der Waals surface area contributed by atoms with Crippen LogP contribution in [0.15, 0.2) is 52.2 Å². The van der Waals surface area contributed by atoms with Gasteiger partial charge in [0.05, 0.1) is 39.1 Å². The molecular formula is C21H22N2O4S2. The fourth-order valence-corrected chi connectivity index (χ4v) is 4.41. The van der Waals surface area contributed by atoms with E-state index in [9.17, 15) is 4.79 Å². The SMILES string of the molecule is COc1cc(CSc2nc(CC(=O)Nc3ccccc3OC)cs2)cc(OC)c1. The van der Waals surface area contributed by atoms with Crippen molar-refractivity contribution in [3.8, 4) is 17.2 Å². The van der Waals surface area contributed by atoms with Crippen LogP contribution >= 0.6 is 23.1 Å². The number of nitrogens with zero attached hydrogens (tertiary/aromatic N) is 1. The zero-order valence-corrected chi connectivity index (χ0v) is 18.1. The van der Waals surface area contributed by atoms with Crippen molar-refractivity contribution in [3.05, 3.63) is 59.1 Å². The molecule has 0 unspecified atom stereocenters. The average Bonchev–Trinajstić information content (AvgIpc) is 3.19. The molecule has 3 rings (SSSR count). The highest BCUT2D eigenvalue weighted by Gasteiger charge is 2.11. The Morgan fingerprint density at radius 1 is 1.07 bits per heavy atom. The molecule has 0 aliphatic rings. The van der Waals surface area contributed by atoms with E-state index in [-0.39, 0.29) is 12.3 Å². The van der Waals surface area contributed by atoms with Crippen LogP contribution in [-0.2, 0) is 17.0 Å². The van der Waals surface area contributed by atoms with Gasteiger partial charge in [0.15, 0.2) is 0 Å². The van der Waals surface area contributed by atoms with Crippen LogP contribution in [0.25, 0.3) is 0 Å². The number of aromatic nitrogens is 1. The summed E-state index contributed by atoms with van der Waals surface area (Å²) in [5.41, 5.74) is 2.47. The number of carbonyl (C=O) groups excluding carboxylic acids is 1. The van der Waals surface area contributed by atoms with E-state index in [1.54, 1.807) is 39.2 Å². The van der Waals surface area contributed by atoms with Gasteiger partial charge in [0.1, 0.15) is 21.6 Å². The molecule has 3 aromatic rings. The average molecular weight is 431 g/mol. The molecule has 29 heavy (non-hydrogen) atoms. The molecular weight excluding hydrogens is 408 g/mol. The molecule has 1 N–H and O–H groups in total. The first-order valence-corrected chi connectivity index (χ1v) is 10.7. The number of thiazole rings is 1. The summed E-state index contributed by atoms with van der Waals surface area (Å²) in [4.78, 5) is 16.9. The van der Waals surface area contributed by atoms with Crippen LogP contribution in [-0.4, -0.2) is 32.2 Å². The second kappa shape index (κ2) is 10.2. The van der Waals surface area contributed by atoms with Gasteiger partial charge in [-0.25, -0.2) is 4.98 Å². The number of para-hydroxylation sites is 2. The van der Waals surface area contributed by atoms with Crippen LogP contribution in [0.4, 0.5) is 5.69 Å². The van der Waals surface area contributed by atoms with Gasteiger partial charge in [0.25, 0.3) is 0 Å². The molecule has 1 aromatic heterocycles. The van der Waals surface area contributed by atoms with Crippen molar-refractivity contribution >= 4 is 34.7 Å². The number of amides is 1. The quantitative estimate of drug-likeness (QED) is 0.499. The van der Waals surface area contributed by atoms with Gasteiger partial charge in [-0.15, -0.1) is 11.3 Å². The van der Waals surface area contributed by atoms with Gasteiger partial charge in [-0.1, -0.05) is 23.9 Å². The number of hydrogen-bond donors (Lipinski definition) is 1. The molecule has 0 aliphatic heterocycles. The molecule has 0 aliphatic carbocycles. The largest absolute Gasteiger partial charge is 0.497 e. The maximum absolute atomic E-state index is 12.3. The van der Waals surface area contributed by atoms with E-state index in [1.165, 1.54) is 11.3 Å². The standard InChI is InChI=1S/C21H22N2O4S2/c1-25-16-8-14(9-17(11-16)26-2)12-28-21-22-15(13-29-21)10-20(24)23-18-6-4-5-7-19(18)27-3/h4-9,11,13H,10,12H2,1-3H3,(H,23,24). The van der Waals surface area contributed by atoms with Crippen molar-refractivity contribution in [1.29, 1.82) is 0 Å². The number of carbonyl (C=O) groups is 1. The summed E-state index contributed by atoms with van der Waals surface area (Å²) >= 11 is 3.14. The highest BCUT2D eigenvalue weighted by molar-refractivity contribution is 8.00. The molecule has 1 heterocycles. The number of ether oxygens (including phenoxy) is 3. The zero-order valence-electron chi connectivity index (χ0n) is 16.4. The van der Waals surface area contributed by atoms with Crippen LogP contribution in [0.1, 0.15) is 11.3 Å². The summed E-state index contributed by atoms with van der Waals surface area (Å²) in [7, 11) is 4.84. The predicted octanol–water partition coefficient (Wildman–Crippen LogP) is 4.64. The Bertz CT molecular complexity index is 953. The van der Waals surface area contributed by atoms with Crippen LogP contribution in [0, 0.1) is 0 Å². The molecule has 0 spiro atoms. The summed E-state index contributed by atoms with van der Waals surface area (Å²) in [6.45, 7) is 0. The highest BCUT2D eigenvalue weighted by atomic mass is 32.2. The topological polar surface area (TPSA) is 69.7 Å². The van der Waals surface area contributed by atoms with Gasteiger partial charge >= 0.3 is 0 Å². The smallest absolute Gasteiger partial charge is 0.230 e. The molecule has 0 atom stereocenters. The fourth-order valence-electron chi connectivity index (χ4n) is 2.64. The van der Waals surface area contributed by atoms with Gasteiger partial charge in [-0.2, -0.15) is 0 Å². The van der Waals surface area contributed by atoms with Crippen LogP contribution in [0.3, 0.4) is 0 Å². The molecule has 0 radical (unpaired) electrons. The van der Waals surface area contributed by atoms with E-state index in [0.29, 0.717) is 11.4 Å². The van der Waals surface area contributed by atoms with E-state index in [4.69, 9.17) is 14.2 Å². The number of thioether (sulfide) groups is 1. The Morgan fingerprint density at radius 3 is 2.48 bits per heavy atom. The van der Waals surface area contributed by atoms with Crippen molar-refractivity contribution in [2.24, 2.45) is 0 Å². The molecule has 0 bridgehead atoms. The van der Waals surface area contributed by atoms with Gasteiger partial charge in [-0.3, -0.25) is 4.79 Å². The number of nitrogens with one attached hydrogen (secondary N) is 1. The van der Waals surface area contributed by atoms with Crippen LogP contribution in [0.5, 0.6) is 17.2 Å². The molecule has 2 aromatic carbocycles. The summed E-state index contributed by atoms with van der Waals surface area (Å²) < 4.78 is 16.8. The van der Waals surface area contributed by atoms with Crippen LogP contribution in [0.2, 0.25) is 0 Å².